The van der Waals surface area contributed by atoms with Crippen molar-refractivity contribution in [2.24, 2.45) is 11.1 Å². The molecule has 0 bridgehead atoms. The Morgan fingerprint density at radius 2 is 2.19 bits per heavy atom. The first-order chi connectivity index (χ1) is 7.39. The maximum absolute atomic E-state index is 6.08. The molecular weight excluding hydrogens is 218 g/mol. The lowest BCUT2D eigenvalue weighted by atomic mass is 9.85. The zero-order valence-electron chi connectivity index (χ0n) is 10.7. The van der Waals surface area contributed by atoms with Crippen LogP contribution in [0.2, 0.25) is 0 Å². The first kappa shape index (κ1) is 13.6. The fourth-order valence-electron chi connectivity index (χ4n) is 1.39. The monoisotopic (exact) mass is 241 g/mol. The summed E-state index contributed by atoms with van der Waals surface area (Å²) in [5.41, 5.74) is 6.28. The number of hydrogen-bond donors (Lipinski definition) is 2. The van der Waals surface area contributed by atoms with Gasteiger partial charge in [0.15, 0.2) is 0 Å². The molecule has 3 N–H and O–H groups in total. The topological polar surface area (TPSA) is 50.9 Å². The second-order valence-electron chi connectivity index (χ2n) is 5.28. The molecular formula is C12H23N3S. The van der Waals surface area contributed by atoms with E-state index in [0.717, 1.165) is 24.5 Å². The van der Waals surface area contributed by atoms with Crippen LogP contribution in [0.3, 0.4) is 0 Å². The third kappa shape index (κ3) is 4.60. The Morgan fingerprint density at radius 3 is 2.69 bits per heavy atom. The molecule has 3 nitrogen and oxygen atoms in total. The molecule has 0 spiro atoms. The molecule has 0 saturated heterocycles. The molecule has 1 heterocycles. The fraction of sp³-hybridized carbons (Fsp3) is 0.750. The van der Waals surface area contributed by atoms with Crippen LogP contribution in [0.1, 0.15) is 37.1 Å². The van der Waals surface area contributed by atoms with E-state index >= 15 is 0 Å². The third-order valence-electron chi connectivity index (χ3n) is 2.71. The Hall–Kier alpha value is -0.450. The summed E-state index contributed by atoms with van der Waals surface area (Å²) in [7, 11) is 0. The average Bonchev–Trinajstić information content (AvgIpc) is 2.57. The van der Waals surface area contributed by atoms with Gasteiger partial charge in [-0.25, -0.2) is 4.98 Å². The SMILES string of the molecule is Cc1ncc(CNCCC(N)C(C)(C)C)s1. The van der Waals surface area contributed by atoms with Gasteiger partial charge in [0.25, 0.3) is 0 Å². The molecule has 0 radical (unpaired) electrons. The molecule has 0 fully saturated rings. The van der Waals surface area contributed by atoms with Crippen molar-refractivity contribution in [2.45, 2.75) is 46.7 Å². The minimum atomic E-state index is 0.197. The molecule has 1 unspecified atom stereocenters. The largest absolute Gasteiger partial charge is 0.327 e. The van der Waals surface area contributed by atoms with Gasteiger partial charge >= 0.3 is 0 Å². The van der Waals surface area contributed by atoms with Gasteiger partial charge in [-0.05, 0) is 25.3 Å². The first-order valence-electron chi connectivity index (χ1n) is 5.77. The molecule has 0 aromatic carbocycles. The maximum atomic E-state index is 6.08. The van der Waals surface area contributed by atoms with E-state index in [4.69, 9.17) is 5.73 Å². The zero-order chi connectivity index (χ0) is 12.2. The van der Waals surface area contributed by atoms with Gasteiger partial charge in [-0.15, -0.1) is 11.3 Å². The normalized spacial score (nSPS) is 14.1. The molecule has 92 valence electrons. The minimum Gasteiger partial charge on any atom is -0.327 e. The summed E-state index contributed by atoms with van der Waals surface area (Å²) in [6, 6.07) is 0.253. The Kier molecular flexibility index (Phi) is 4.89. The molecule has 1 aromatic heterocycles. The van der Waals surface area contributed by atoms with Gasteiger partial charge in [-0.3, -0.25) is 0 Å². The van der Waals surface area contributed by atoms with Gasteiger partial charge in [0.05, 0.1) is 5.01 Å². The lowest BCUT2D eigenvalue weighted by Crippen LogP contribution is -2.37. The number of hydrogen-bond acceptors (Lipinski definition) is 4. The Bertz CT molecular complexity index is 314. The second kappa shape index (κ2) is 5.75. The van der Waals surface area contributed by atoms with Crippen LogP contribution in [0.25, 0.3) is 0 Å². The van der Waals surface area contributed by atoms with Gasteiger partial charge < -0.3 is 11.1 Å². The van der Waals surface area contributed by atoms with Crippen LogP contribution in [-0.2, 0) is 6.54 Å². The zero-order valence-corrected chi connectivity index (χ0v) is 11.5. The number of aryl methyl sites for hydroxylation is 1. The number of aromatic nitrogens is 1. The van der Waals surface area contributed by atoms with Crippen molar-refractivity contribution < 1.29 is 0 Å². The fourth-order valence-corrected chi connectivity index (χ4v) is 2.15. The molecule has 4 heteroatoms. The van der Waals surface area contributed by atoms with Crippen molar-refractivity contribution in [3.05, 3.63) is 16.1 Å². The lowest BCUT2D eigenvalue weighted by molar-refractivity contribution is 0.302. The van der Waals surface area contributed by atoms with E-state index in [1.165, 1.54) is 4.88 Å². The highest BCUT2D eigenvalue weighted by Gasteiger charge is 2.19. The van der Waals surface area contributed by atoms with Crippen molar-refractivity contribution in [3.8, 4) is 0 Å². The van der Waals surface area contributed by atoms with E-state index in [1.54, 1.807) is 11.3 Å². The molecule has 16 heavy (non-hydrogen) atoms. The summed E-state index contributed by atoms with van der Waals surface area (Å²) in [6.45, 7) is 10.5. The summed E-state index contributed by atoms with van der Waals surface area (Å²) >= 11 is 1.75. The predicted molar refractivity (Wildman–Crippen MR) is 70.6 cm³/mol. The number of nitrogens with two attached hydrogens (primary N) is 1. The number of rotatable bonds is 5. The molecule has 0 aliphatic rings. The summed E-state index contributed by atoms with van der Waals surface area (Å²) in [5.74, 6) is 0. The van der Waals surface area contributed by atoms with Crippen LogP contribution in [-0.4, -0.2) is 17.6 Å². The van der Waals surface area contributed by atoms with E-state index in [-0.39, 0.29) is 11.5 Å². The highest BCUT2D eigenvalue weighted by molar-refractivity contribution is 7.11. The van der Waals surface area contributed by atoms with Crippen LogP contribution in [0.5, 0.6) is 0 Å². The number of nitrogens with zero attached hydrogens (tertiary/aromatic N) is 1. The van der Waals surface area contributed by atoms with Crippen molar-refractivity contribution in [1.29, 1.82) is 0 Å². The molecule has 1 rings (SSSR count). The highest BCUT2D eigenvalue weighted by atomic mass is 32.1. The molecule has 0 aliphatic heterocycles. The standard InChI is InChI=1S/C12H23N3S/c1-9-15-8-10(16-9)7-14-6-5-11(13)12(2,3)4/h8,11,14H,5-7,13H2,1-4H3. The van der Waals surface area contributed by atoms with Crippen LogP contribution in [0.15, 0.2) is 6.20 Å². The molecule has 0 saturated carbocycles. The second-order valence-corrected chi connectivity index (χ2v) is 6.60. The van der Waals surface area contributed by atoms with Crippen LogP contribution < -0.4 is 11.1 Å². The molecule has 1 atom stereocenters. The average molecular weight is 241 g/mol. The molecule has 1 aromatic rings. The van der Waals surface area contributed by atoms with E-state index in [9.17, 15) is 0 Å². The van der Waals surface area contributed by atoms with Gasteiger partial charge in [0.1, 0.15) is 0 Å². The van der Waals surface area contributed by atoms with E-state index in [2.05, 4.69) is 31.1 Å². The summed E-state index contributed by atoms with van der Waals surface area (Å²) in [5, 5.41) is 4.54. The van der Waals surface area contributed by atoms with Crippen molar-refractivity contribution in [2.75, 3.05) is 6.54 Å². The van der Waals surface area contributed by atoms with Gasteiger partial charge in [0.2, 0.25) is 0 Å². The van der Waals surface area contributed by atoms with Crippen molar-refractivity contribution in [3.63, 3.8) is 0 Å². The van der Waals surface area contributed by atoms with Crippen LogP contribution >= 0.6 is 11.3 Å². The van der Waals surface area contributed by atoms with Crippen molar-refractivity contribution >= 4 is 11.3 Å². The highest BCUT2D eigenvalue weighted by Crippen LogP contribution is 2.19. The Morgan fingerprint density at radius 1 is 1.50 bits per heavy atom. The van der Waals surface area contributed by atoms with Gasteiger partial charge in [-0.2, -0.15) is 0 Å². The van der Waals surface area contributed by atoms with E-state index in [0.29, 0.717) is 0 Å². The lowest BCUT2D eigenvalue weighted by Gasteiger charge is -2.27. The van der Waals surface area contributed by atoms with Crippen LogP contribution in [0.4, 0.5) is 0 Å². The number of nitrogens with one attached hydrogen (secondary N) is 1. The summed E-state index contributed by atoms with van der Waals surface area (Å²) in [6.07, 6.45) is 2.96. The minimum absolute atomic E-state index is 0.197. The van der Waals surface area contributed by atoms with Crippen LogP contribution in [0, 0.1) is 12.3 Å². The summed E-state index contributed by atoms with van der Waals surface area (Å²) in [4.78, 5) is 5.52. The predicted octanol–water partition coefficient (Wildman–Crippen LogP) is 2.30. The molecule has 0 aliphatic carbocycles. The van der Waals surface area contributed by atoms with E-state index in [1.807, 2.05) is 13.1 Å². The summed E-state index contributed by atoms with van der Waals surface area (Å²) < 4.78 is 0. The third-order valence-corrected chi connectivity index (χ3v) is 3.63. The van der Waals surface area contributed by atoms with Gasteiger partial charge in [-0.1, -0.05) is 20.8 Å². The molecule has 0 amide bonds. The maximum Gasteiger partial charge on any atom is 0.0897 e. The van der Waals surface area contributed by atoms with Gasteiger partial charge in [0, 0.05) is 23.7 Å². The van der Waals surface area contributed by atoms with Crippen molar-refractivity contribution in [1.82, 2.24) is 10.3 Å². The van der Waals surface area contributed by atoms with E-state index < -0.39 is 0 Å². The quantitative estimate of drug-likeness (QED) is 0.778. The Labute approximate surface area is 102 Å². The first-order valence-corrected chi connectivity index (χ1v) is 6.59. The number of thiazole rings is 1. The smallest absolute Gasteiger partial charge is 0.0897 e. The Balaban J connectivity index is 2.17.